The van der Waals surface area contributed by atoms with Gasteiger partial charge in [0.2, 0.25) is 5.82 Å². The van der Waals surface area contributed by atoms with Gasteiger partial charge in [-0.2, -0.15) is 28.4 Å². The molecule has 0 saturated heterocycles. The molecule has 0 radical (unpaired) electrons. The van der Waals surface area contributed by atoms with Gasteiger partial charge in [0.05, 0.1) is 11.4 Å². The number of nitrogens with one attached hydrogen (secondary N) is 1. The van der Waals surface area contributed by atoms with Crippen molar-refractivity contribution in [3.8, 4) is 6.07 Å². The van der Waals surface area contributed by atoms with Crippen molar-refractivity contribution in [2.45, 2.75) is 50.8 Å². The van der Waals surface area contributed by atoms with E-state index >= 15 is 0 Å². The molecule has 6 nitrogen and oxygen atoms in total. The van der Waals surface area contributed by atoms with E-state index in [0.29, 0.717) is 34.3 Å². The van der Waals surface area contributed by atoms with Crippen LogP contribution in [0.5, 0.6) is 0 Å². The number of rotatable bonds is 6. The Kier molecular flexibility index (Phi) is 5.75. The summed E-state index contributed by atoms with van der Waals surface area (Å²) < 4.78 is 40.4. The van der Waals surface area contributed by atoms with E-state index in [4.69, 9.17) is 11.6 Å². The molecule has 0 spiro atoms. The fourth-order valence-electron chi connectivity index (χ4n) is 3.76. The van der Waals surface area contributed by atoms with Crippen molar-refractivity contribution in [1.29, 1.82) is 5.26 Å². The molecule has 1 aromatic carbocycles. The van der Waals surface area contributed by atoms with Gasteiger partial charge in [0.25, 0.3) is 0 Å². The number of benzene rings is 1. The van der Waals surface area contributed by atoms with E-state index < -0.39 is 11.7 Å². The molecule has 1 aliphatic carbocycles. The van der Waals surface area contributed by atoms with Crippen molar-refractivity contribution in [2.75, 3.05) is 5.32 Å². The Morgan fingerprint density at radius 1 is 1.23 bits per heavy atom. The van der Waals surface area contributed by atoms with Crippen molar-refractivity contribution in [3.63, 3.8) is 0 Å². The third-order valence-corrected chi connectivity index (χ3v) is 5.98. The summed E-state index contributed by atoms with van der Waals surface area (Å²) in [6.45, 7) is 2.32. The second-order valence-corrected chi connectivity index (χ2v) is 8.01. The van der Waals surface area contributed by atoms with Crippen molar-refractivity contribution in [2.24, 2.45) is 5.92 Å². The Bertz CT molecular complexity index is 1130. The second kappa shape index (κ2) is 8.35. The Labute approximate surface area is 182 Å². The highest BCUT2D eigenvalue weighted by Crippen LogP contribution is 2.33. The highest BCUT2D eigenvalue weighted by atomic mass is 35.5. The maximum absolute atomic E-state index is 12.9. The number of hydrogen-bond acceptors (Lipinski definition) is 5. The molecule has 1 atom stereocenters. The lowest BCUT2D eigenvalue weighted by atomic mass is 9.80. The minimum Gasteiger partial charge on any atom is -0.365 e. The fraction of sp³-hybridized carbons (Fsp3) is 0.429. The van der Waals surface area contributed by atoms with Gasteiger partial charge in [0, 0.05) is 12.6 Å². The monoisotopic (exact) mass is 448 g/mol. The number of fused-ring (bicyclic) bond motifs is 1. The molecule has 1 saturated carbocycles. The zero-order valence-electron chi connectivity index (χ0n) is 16.7. The van der Waals surface area contributed by atoms with Crippen LogP contribution in [0.15, 0.2) is 24.3 Å². The summed E-state index contributed by atoms with van der Waals surface area (Å²) in [6, 6.07) is 7.07. The van der Waals surface area contributed by atoms with Gasteiger partial charge in [0.15, 0.2) is 11.5 Å². The number of hydrogen-bond donors (Lipinski definition) is 1. The molecule has 4 rings (SSSR count). The summed E-state index contributed by atoms with van der Waals surface area (Å²) in [4.78, 5) is 13.0. The third kappa shape index (κ3) is 4.30. The van der Waals surface area contributed by atoms with E-state index in [9.17, 15) is 18.4 Å². The van der Waals surface area contributed by atoms with Crippen LogP contribution in [0, 0.1) is 17.2 Å². The second-order valence-electron chi connectivity index (χ2n) is 7.75. The SMILES string of the molecule is C[C@@H](Nc1nc(C#N)nc2nc(CCl)n(Cc3ccc(C(F)(F)F)cc3)c12)C1CCC1. The van der Waals surface area contributed by atoms with Crippen molar-refractivity contribution < 1.29 is 13.2 Å². The van der Waals surface area contributed by atoms with E-state index in [1.807, 2.05) is 6.07 Å². The first-order valence-electron chi connectivity index (χ1n) is 9.96. The summed E-state index contributed by atoms with van der Waals surface area (Å²) >= 11 is 6.10. The zero-order chi connectivity index (χ0) is 22.2. The van der Waals surface area contributed by atoms with Crippen molar-refractivity contribution in [3.05, 3.63) is 47.0 Å². The van der Waals surface area contributed by atoms with Crippen LogP contribution < -0.4 is 5.32 Å². The Hall–Kier alpha value is -2.86. The molecule has 0 amide bonds. The molecular formula is C21H20ClF3N6. The van der Waals surface area contributed by atoms with Gasteiger partial charge in [-0.15, -0.1) is 11.6 Å². The Morgan fingerprint density at radius 3 is 2.48 bits per heavy atom. The van der Waals surface area contributed by atoms with Crippen LogP contribution in [0.3, 0.4) is 0 Å². The molecule has 1 N–H and O–H groups in total. The molecule has 10 heteroatoms. The first-order chi connectivity index (χ1) is 14.8. The highest BCUT2D eigenvalue weighted by Gasteiger charge is 2.30. The van der Waals surface area contributed by atoms with Crippen LogP contribution in [0.4, 0.5) is 19.0 Å². The summed E-state index contributed by atoms with van der Waals surface area (Å²) in [5.41, 5.74) is 0.863. The van der Waals surface area contributed by atoms with Crippen LogP contribution >= 0.6 is 11.6 Å². The molecule has 162 valence electrons. The van der Waals surface area contributed by atoms with Gasteiger partial charge in [-0.05, 0) is 43.4 Å². The van der Waals surface area contributed by atoms with Crippen molar-refractivity contribution in [1.82, 2.24) is 19.5 Å². The standard InChI is InChI=1S/C21H20ClF3N6/c1-12(14-3-2-4-14)27-19-18-20(29-16(10-26)28-19)30-17(9-22)31(18)11-13-5-7-15(8-6-13)21(23,24)25/h5-8,12,14H,2-4,9,11H2,1H3,(H,27,28,29)/t12-/m1/s1. The predicted molar refractivity (Wildman–Crippen MR) is 111 cm³/mol. The summed E-state index contributed by atoms with van der Waals surface area (Å²) in [7, 11) is 0. The molecule has 2 heterocycles. The van der Waals surface area contributed by atoms with Gasteiger partial charge >= 0.3 is 6.18 Å². The lowest BCUT2D eigenvalue weighted by Gasteiger charge is -2.32. The molecule has 31 heavy (non-hydrogen) atoms. The minimum atomic E-state index is -4.39. The quantitative estimate of drug-likeness (QED) is 0.530. The van der Waals surface area contributed by atoms with E-state index in [-0.39, 0.29) is 24.3 Å². The summed E-state index contributed by atoms with van der Waals surface area (Å²) in [6.07, 6.45) is -0.935. The fourth-order valence-corrected chi connectivity index (χ4v) is 3.96. The number of halogens is 4. The summed E-state index contributed by atoms with van der Waals surface area (Å²) in [5, 5.41) is 12.7. The normalized spacial score (nSPS) is 15.5. The van der Waals surface area contributed by atoms with Gasteiger partial charge in [0.1, 0.15) is 17.4 Å². The van der Waals surface area contributed by atoms with Crippen LogP contribution in [-0.2, 0) is 18.6 Å². The number of alkyl halides is 4. The Morgan fingerprint density at radius 2 is 1.94 bits per heavy atom. The van der Waals surface area contributed by atoms with E-state index in [1.165, 1.54) is 18.6 Å². The largest absolute Gasteiger partial charge is 0.416 e. The lowest BCUT2D eigenvalue weighted by Crippen LogP contribution is -2.31. The molecule has 0 aliphatic heterocycles. The zero-order valence-corrected chi connectivity index (χ0v) is 17.5. The van der Waals surface area contributed by atoms with Crippen LogP contribution in [0.25, 0.3) is 11.2 Å². The minimum absolute atomic E-state index is 0.00360. The van der Waals surface area contributed by atoms with E-state index in [1.54, 1.807) is 4.57 Å². The van der Waals surface area contributed by atoms with Crippen LogP contribution in [0.1, 0.15) is 49.0 Å². The van der Waals surface area contributed by atoms with Gasteiger partial charge < -0.3 is 9.88 Å². The number of nitriles is 1. The Balaban J connectivity index is 1.75. The first kappa shape index (κ1) is 21.4. The highest BCUT2D eigenvalue weighted by molar-refractivity contribution is 6.16. The number of aromatic nitrogens is 4. The van der Waals surface area contributed by atoms with E-state index in [2.05, 4.69) is 27.2 Å². The summed E-state index contributed by atoms with van der Waals surface area (Å²) in [5.74, 6) is 1.58. The number of imidazole rings is 1. The molecule has 2 aromatic heterocycles. The molecule has 0 bridgehead atoms. The maximum atomic E-state index is 12.9. The smallest absolute Gasteiger partial charge is 0.365 e. The molecule has 3 aromatic rings. The van der Waals surface area contributed by atoms with Crippen LogP contribution in [0.2, 0.25) is 0 Å². The number of anilines is 1. The van der Waals surface area contributed by atoms with Crippen molar-refractivity contribution >= 4 is 28.6 Å². The topological polar surface area (TPSA) is 79.4 Å². The average Bonchev–Trinajstić information content (AvgIpc) is 3.03. The lowest BCUT2D eigenvalue weighted by molar-refractivity contribution is -0.137. The van der Waals surface area contributed by atoms with Gasteiger partial charge in [-0.3, -0.25) is 0 Å². The first-order valence-corrected chi connectivity index (χ1v) is 10.5. The molecule has 1 aliphatic rings. The molecule has 1 fully saturated rings. The van der Waals surface area contributed by atoms with Crippen LogP contribution in [-0.4, -0.2) is 25.6 Å². The number of nitrogens with zero attached hydrogens (tertiary/aromatic N) is 5. The van der Waals surface area contributed by atoms with Gasteiger partial charge in [-0.1, -0.05) is 18.6 Å². The van der Waals surface area contributed by atoms with Gasteiger partial charge in [-0.25, -0.2) is 4.98 Å². The predicted octanol–water partition coefficient (Wildman–Crippen LogP) is 5.10. The third-order valence-electron chi connectivity index (χ3n) is 5.74. The molecule has 0 unspecified atom stereocenters. The maximum Gasteiger partial charge on any atom is 0.416 e. The average molecular weight is 449 g/mol. The molecular weight excluding hydrogens is 429 g/mol. The van der Waals surface area contributed by atoms with E-state index in [0.717, 1.165) is 25.0 Å².